The minimum Gasteiger partial charge on any atom is -0.493 e. The Labute approximate surface area is 198 Å². The van der Waals surface area contributed by atoms with E-state index in [-0.39, 0.29) is 24.9 Å². The second-order valence-corrected chi connectivity index (χ2v) is 8.38. The number of carbonyl (C=O) groups excluding carboxylic acids is 2. The zero-order valence-corrected chi connectivity index (χ0v) is 19.1. The van der Waals surface area contributed by atoms with E-state index in [0.29, 0.717) is 29.4 Å². The van der Waals surface area contributed by atoms with E-state index in [1.54, 1.807) is 12.0 Å². The Hall–Kier alpha value is -4.06. The molecule has 3 aromatic carbocycles. The molecule has 2 aliphatic heterocycles. The van der Waals surface area contributed by atoms with E-state index in [1.165, 1.54) is 0 Å². The van der Waals surface area contributed by atoms with Crippen LogP contribution in [-0.2, 0) is 20.9 Å². The third-order valence-electron chi connectivity index (χ3n) is 6.37. The fourth-order valence-corrected chi connectivity index (χ4v) is 4.56. The van der Waals surface area contributed by atoms with E-state index < -0.39 is 5.92 Å². The highest BCUT2D eigenvalue weighted by molar-refractivity contribution is 6.06. The summed E-state index contributed by atoms with van der Waals surface area (Å²) in [5.74, 6) is 0.291. The first-order valence-corrected chi connectivity index (χ1v) is 11.2. The van der Waals surface area contributed by atoms with Gasteiger partial charge in [-0.1, -0.05) is 48.5 Å². The molecule has 5 rings (SSSR count). The first-order valence-electron chi connectivity index (χ1n) is 11.2. The van der Waals surface area contributed by atoms with Gasteiger partial charge in [-0.05, 0) is 47.9 Å². The van der Waals surface area contributed by atoms with Crippen molar-refractivity contribution in [2.75, 3.05) is 18.6 Å². The lowest BCUT2D eigenvalue weighted by Crippen LogP contribution is -2.37. The van der Waals surface area contributed by atoms with E-state index >= 15 is 0 Å². The van der Waals surface area contributed by atoms with Crippen LogP contribution in [0.15, 0.2) is 84.1 Å². The average Bonchev–Trinajstić information content (AvgIpc) is 3.24. The summed E-state index contributed by atoms with van der Waals surface area (Å²) in [5, 5.41) is 0. The van der Waals surface area contributed by atoms with Gasteiger partial charge in [0.2, 0.25) is 5.91 Å². The molecule has 2 aliphatic rings. The molecule has 0 saturated carbocycles. The molecule has 0 spiro atoms. The lowest BCUT2D eigenvalue weighted by Gasteiger charge is -2.32. The minimum absolute atomic E-state index is 0.0768. The number of esters is 1. The molecule has 0 aromatic heterocycles. The fourth-order valence-electron chi connectivity index (χ4n) is 4.56. The van der Waals surface area contributed by atoms with Crippen LogP contribution in [0.1, 0.15) is 29.0 Å². The first-order chi connectivity index (χ1) is 16.6. The quantitative estimate of drug-likeness (QED) is 0.494. The number of cyclic esters (lactones) is 1. The summed E-state index contributed by atoms with van der Waals surface area (Å²) in [5.41, 5.74) is 4.93. The van der Waals surface area contributed by atoms with Crippen molar-refractivity contribution in [1.82, 2.24) is 0 Å². The number of carbonyl (C=O) groups is 2. The summed E-state index contributed by atoms with van der Waals surface area (Å²) < 4.78 is 17.0. The maximum Gasteiger partial charge on any atom is 0.336 e. The minimum atomic E-state index is -0.406. The molecule has 6 nitrogen and oxygen atoms in total. The molecular formula is C28H25NO5. The molecular weight excluding hydrogens is 430 g/mol. The van der Waals surface area contributed by atoms with Crippen molar-refractivity contribution in [1.29, 1.82) is 0 Å². The Morgan fingerprint density at radius 3 is 2.50 bits per heavy atom. The van der Waals surface area contributed by atoms with Crippen LogP contribution in [0.25, 0.3) is 0 Å². The molecule has 34 heavy (non-hydrogen) atoms. The van der Waals surface area contributed by atoms with Crippen LogP contribution in [0.5, 0.6) is 11.5 Å². The normalized spacial score (nSPS) is 17.5. The van der Waals surface area contributed by atoms with Crippen LogP contribution in [0.2, 0.25) is 0 Å². The molecule has 1 atom stereocenters. The van der Waals surface area contributed by atoms with Gasteiger partial charge >= 0.3 is 5.97 Å². The highest BCUT2D eigenvalue weighted by Gasteiger charge is 2.43. The molecule has 0 radical (unpaired) electrons. The van der Waals surface area contributed by atoms with Gasteiger partial charge in [0.1, 0.15) is 13.2 Å². The van der Waals surface area contributed by atoms with Gasteiger partial charge < -0.3 is 14.2 Å². The molecule has 3 aromatic rings. The number of anilines is 1. The summed E-state index contributed by atoms with van der Waals surface area (Å²) in [6, 6.07) is 23.0. The molecule has 172 valence electrons. The SMILES string of the molecule is COc1cc(C2CC(=O)N(c3ccccc3)C3=C2C(=O)OC3)ccc1OCc1ccccc1C. The van der Waals surface area contributed by atoms with Crippen LogP contribution < -0.4 is 14.4 Å². The third-order valence-corrected chi connectivity index (χ3v) is 6.37. The van der Waals surface area contributed by atoms with E-state index in [4.69, 9.17) is 14.2 Å². The maximum absolute atomic E-state index is 13.2. The number of methoxy groups -OCH3 is 1. The summed E-state index contributed by atoms with van der Waals surface area (Å²) in [6.07, 6.45) is 0.162. The molecule has 0 saturated heterocycles. The van der Waals surface area contributed by atoms with Crippen molar-refractivity contribution in [2.45, 2.75) is 25.9 Å². The molecule has 2 heterocycles. The Balaban J connectivity index is 1.46. The first kappa shape index (κ1) is 21.8. The van der Waals surface area contributed by atoms with Gasteiger partial charge in [-0.15, -0.1) is 0 Å². The lowest BCUT2D eigenvalue weighted by molar-refractivity contribution is -0.136. The summed E-state index contributed by atoms with van der Waals surface area (Å²) in [6.45, 7) is 2.54. The fraction of sp³-hybridized carbons (Fsp3) is 0.214. The van der Waals surface area contributed by atoms with E-state index in [0.717, 1.165) is 22.4 Å². The average molecular weight is 456 g/mol. The molecule has 1 unspecified atom stereocenters. The second-order valence-electron chi connectivity index (χ2n) is 8.38. The maximum atomic E-state index is 13.2. The molecule has 0 fully saturated rings. The van der Waals surface area contributed by atoms with Crippen molar-refractivity contribution in [2.24, 2.45) is 0 Å². The van der Waals surface area contributed by atoms with Crippen molar-refractivity contribution < 1.29 is 23.8 Å². The van der Waals surface area contributed by atoms with Crippen LogP contribution in [0.4, 0.5) is 5.69 Å². The van der Waals surface area contributed by atoms with Gasteiger partial charge in [0.15, 0.2) is 11.5 Å². The summed E-state index contributed by atoms with van der Waals surface area (Å²) >= 11 is 0. The lowest BCUT2D eigenvalue weighted by atomic mass is 9.84. The highest BCUT2D eigenvalue weighted by Crippen LogP contribution is 2.43. The standard InChI is InChI=1S/C28H25NO5/c1-18-8-6-7-9-20(18)16-33-24-13-12-19(14-25(24)32-2)22-15-26(30)29(21-10-4-3-5-11-21)23-17-34-28(31)27(22)23/h3-14,22H,15-17H2,1-2H3. The second kappa shape index (κ2) is 9.06. The zero-order chi connectivity index (χ0) is 23.7. The number of aryl methyl sites for hydroxylation is 1. The Morgan fingerprint density at radius 1 is 0.971 bits per heavy atom. The molecule has 0 bridgehead atoms. The van der Waals surface area contributed by atoms with Gasteiger partial charge in [-0.2, -0.15) is 0 Å². The van der Waals surface area contributed by atoms with Crippen LogP contribution in [-0.4, -0.2) is 25.6 Å². The number of para-hydroxylation sites is 1. The Bertz CT molecular complexity index is 1280. The van der Waals surface area contributed by atoms with Crippen molar-refractivity contribution in [3.63, 3.8) is 0 Å². The van der Waals surface area contributed by atoms with Crippen LogP contribution in [0.3, 0.4) is 0 Å². The number of rotatable bonds is 6. The van der Waals surface area contributed by atoms with Gasteiger partial charge in [0.05, 0.1) is 18.4 Å². The number of ether oxygens (including phenoxy) is 3. The molecule has 0 aliphatic carbocycles. The van der Waals surface area contributed by atoms with Gasteiger partial charge in [0, 0.05) is 18.0 Å². The van der Waals surface area contributed by atoms with Crippen molar-refractivity contribution in [3.8, 4) is 11.5 Å². The van der Waals surface area contributed by atoms with E-state index in [1.807, 2.05) is 79.7 Å². The van der Waals surface area contributed by atoms with Crippen molar-refractivity contribution in [3.05, 3.63) is 101 Å². The van der Waals surface area contributed by atoms with E-state index in [2.05, 4.69) is 0 Å². The summed E-state index contributed by atoms with van der Waals surface area (Å²) in [7, 11) is 1.58. The monoisotopic (exact) mass is 455 g/mol. The number of hydrogen-bond donors (Lipinski definition) is 0. The molecule has 6 heteroatoms. The van der Waals surface area contributed by atoms with E-state index in [9.17, 15) is 9.59 Å². The molecule has 0 N–H and O–H groups in total. The van der Waals surface area contributed by atoms with Crippen LogP contribution >= 0.6 is 0 Å². The highest BCUT2D eigenvalue weighted by atomic mass is 16.5. The smallest absolute Gasteiger partial charge is 0.336 e. The Kier molecular flexibility index (Phi) is 5.80. The predicted molar refractivity (Wildman–Crippen MR) is 128 cm³/mol. The van der Waals surface area contributed by atoms with Gasteiger partial charge in [-0.25, -0.2) is 4.79 Å². The third kappa shape index (κ3) is 3.92. The topological polar surface area (TPSA) is 65.1 Å². The molecule has 1 amide bonds. The summed E-state index contributed by atoms with van der Waals surface area (Å²) in [4.78, 5) is 27.5. The number of benzene rings is 3. The van der Waals surface area contributed by atoms with Gasteiger partial charge in [-0.3, -0.25) is 9.69 Å². The van der Waals surface area contributed by atoms with Crippen molar-refractivity contribution >= 4 is 17.6 Å². The predicted octanol–water partition coefficient (Wildman–Crippen LogP) is 4.91. The zero-order valence-electron chi connectivity index (χ0n) is 19.1. The number of amides is 1. The number of hydrogen-bond acceptors (Lipinski definition) is 5. The van der Waals surface area contributed by atoms with Gasteiger partial charge in [0.25, 0.3) is 0 Å². The largest absolute Gasteiger partial charge is 0.493 e. The Morgan fingerprint density at radius 2 is 1.74 bits per heavy atom. The number of nitrogens with zero attached hydrogens (tertiary/aromatic N) is 1. The van der Waals surface area contributed by atoms with Crippen LogP contribution in [0, 0.1) is 6.92 Å².